The number of para-hydroxylation sites is 1. The van der Waals surface area contributed by atoms with E-state index in [0.29, 0.717) is 26.1 Å². The number of nitrogens with zero attached hydrogens (tertiary/aromatic N) is 3. The van der Waals surface area contributed by atoms with Crippen LogP contribution in [0.4, 0.5) is 0 Å². The van der Waals surface area contributed by atoms with E-state index in [9.17, 15) is 4.79 Å². The number of rotatable bonds is 3. The number of hydrogen-bond donors (Lipinski definition) is 1. The Kier molecular flexibility index (Phi) is 4.05. The van der Waals surface area contributed by atoms with Crippen LogP contribution in [0.25, 0.3) is 10.9 Å². The van der Waals surface area contributed by atoms with Crippen LogP contribution in [0.5, 0.6) is 0 Å². The molecule has 1 atom stereocenters. The molecule has 1 amide bonds. The van der Waals surface area contributed by atoms with Crippen molar-refractivity contribution in [2.75, 3.05) is 19.7 Å². The monoisotopic (exact) mass is 338 g/mol. The van der Waals surface area contributed by atoms with Crippen molar-refractivity contribution < 1.29 is 9.53 Å². The number of ether oxygens (including phenoxy) is 1. The quantitative estimate of drug-likeness (QED) is 0.797. The van der Waals surface area contributed by atoms with Crippen molar-refractivity contribution in [1.82, 2.24) is 19.4 Å². The van der Waals surface area contributed by atoms with Gasteiger partial charge >= 0.3 is 0 Å². The molecule has 1 aliphatic rings. The number of fused-ring (bicyclic) bond motifs is 1. The molecule has 6 nitrogen and oxygen atoms in total. The molecule has 1 unspecified atom stereocenters. The van der Waals surface area contributed by atoms with Crippen molar-refractivity contribution in [2.24, 2.45) is 7.05 Å². The first-order chi connectivity index (χ1) is 12.1. The SMILES string of the molecule is Cc1cn(C)c(C2CN(C(=O)Cc3c[nH]c4ccccc34)CCO2)n1. The Bertz CT molecular complexity index is 911. The number of imidazole rings is 1. The number of aryl methyl sites for hydroxylation is 2. The molecule has 1 aliphatic heterocycles. The van der Waals surface area contributed by atoms with Crippen molar-refractivity contribution in [1.29, 1.82) is 0 Å². The maximum atomic E-state index is 12.8. The first kappa shape index (κ1) is 15.9. The van der Waals surface area contributed by atoms with Gasteiger partial charge in [-0.05, 0) is 18.6 Å². The van der Waals surface area contributed by atoms with Gasteiger partial charge in [-0.1, -0.05) is 18.2 Å². The minimum atomic E-state index is -0.167. The van der Waals surface area contributed by atoms with Gasteiger partial charge in [-0.15, -0.1) is 0 Å². The fraction of sp³-hybridized carbons (Fsp3) is 0.368. The molecule has 1 saturated heterocycles. The number of hydrogen-bond acceptors (Lipinski definition) is 3. The summed E-state index contributed by atoms with van der Waals surface area (Å²) < 4.78 is 7.84. The summed E-state index contributed by atoms with van der Waals surface area (Å²) >= 11 is 0. The molecule has 3 heterocycles. The second-order valence-electron chi connectivity index (χ2n) is 6.59. The topological polar surface area (TPSA) is 63.2 Å². The van der Waals surface area contributed by atoms with Gasteiger partial charge in [0.15, 0.2) is 0 Å². The van der Waals surface area contributed by atoms with Crippen molar-refractivity contribution in [3.8, 4) is 0 Å². The minimum absolute atomic E-state index is 0.129. The molecule has 3 aromatic rings. The molecule has 2 aromatic heterocycles. The third kappa shape index (κ3) is 3.05. The summed E-state index contributed by atoms with van der Waals surface area (Å²) in [5.74, 6) is 1.01. The summed E-state index contributed by atoms with van der Waals surface area (Å²) in [5.41, 5.74) is 3.06. The Morgan fingerprint density at radius 1 is 1.40 bits per heavy atom. The molecule has 6 heteroatoms. The van der Waals surface area contributed by atoms with Gasteiger partial charge in [0.25, 0.3) is 0 Å². The van der Waals surface area contributed by atoms with Crippen LogP contribution in [-0.2, 0) is 23.0 Å². The second-order valence-corrected chi connectivity index (χ2v) is 6.59. The Labute approximate surface area is 146 Å². The fourth-order valence-electron chi connectivity index (χ4n) is 3.52. The van der Waals surface area contributed by atoms with Crippen molar-refractivity contribution in [3.05, 3.63) is 53.7 Å². The Morgan fingerprint density at radius 3 is 3.04 bits per heavy atom. The van der Waals surface area contributed by atoms with Gasteiger partial charge < -0.3 is 19.2 Å². The highest BCUT2D eigenvalue weighted by molar-refractivity contribution is 5.88. The number of morpholine rings is 1. The van der Waals surface area contributed by atoms with Crippen molar-refractivity contribution in [2.45, 2.75) is 19.4 Å². The van der Waals surface area contributed by atoms with Gasteiger partial charge in [-0.3, -0.25) is 4.79 Å². The summed E-state index contributed by atoms with van der Waals surface area (Å²) in [5, 5.41) is 1.11. The van der Waals surface area contributed by atoms with E-state index in [1.165, 1.54) is 0 Å². The number of aromatic amines is 1. The molecule has 1 aromatic carbocycles. The largest absolute Gasteiger partial charge is 0.367 e. The lowest BCUT2D eigenvalue weighted by Crippen LogP contribution is -2.43. The average Bonchev–Trinajstić information content (AvgIpc) is 3.18. The molecule has 1 N–H and O–H groups in total. The number of carbonyl (C=O) groups is 1. The molecule has 0 aliphatic carbocycles. The molecule has 4 rings (SSSR count). The minimum Gasteiger partial charge on any atom is -0.367 e. The van der Waals surface area contributed by atoms with E-state index in [2.05, 4.69) is 9.97 Å². The van der Waals surface area contributed by atoms with E-state index in [1.807, 2.05) is 60.1 Å². The summed E-state index contributed by atoms with van der Waals surface area (Å²) in [6, 6.07) is 8.06. The lowest BCUT2D eigenvalue weighted by atomic mass is 10.1. The lowest BCUT2D eigenvalue weighted by molar-refractivity contribution is -0.138. The fourth-order valence-corrected chi connectivity index (χ4v) is 3.52. The Morgan fingerprint density at radius 2 is 2.24 bits per heavy atom. The molecular weight excluding hydrogens is 316 g/mol. The van der Waals surface area contributed by atoms with Crippen LogP contribution < -0.4 is 0 Å². The normalized spacial score (nSPS) is 18.0. The van der Waals surface area contributed by atoms with Crippen LogP contribution in [0, 0.1) is 6.92 Å². The zero-order valence-corrected chi connectivity index (χ0v) is 14.5. The summed E-state index contributed by atoms with van der Waals surface area (Å²) in [6.07, 6.45) is 4.14. The van der Waals surface area contributed by atoms with Gasteiger partial charge in [0.1, 0.15) is 11.9 Å². The van der Waals surface area contributed by atoms with Crippen LogP contribution in [0.1, 0.15) is 23.2 Å². The van der Waals surface area contributed by atoms with Crippen LogP contribution in [0.15, 0.2) is 36.7 Å². The van der Waals surface area contributed by atoms with E-state index in [4.69, 9.17) is 4.74 Å². The van der Waals surface area contributed by atoms with E-state index in [-0.39, 0.29) is 12.0 Å². The van der Waals surface area contributed by atoms with E-state index in [0.717, 1.165) is 28.0 Å². The predicted octanol–water partition coefficient (Wildman–Crippen LogP) is 2.35. The average molecular weight is 338 g/mol. The second kappa shape index (κ2) is 6.37. The summed E-state index contributed by atoms with van der Waals surface area (Å²) in [6.45, 7) is 3.68. The Hall–Kier alpha value is -2.60. The summed E-state index contributed by atoms with van der Waals surface area (Å²) in [4.78, 5) is 22.5. The van der Waals surface area contributed by atoms with E-state index >= 15 is 0 Å². The lowest BCUT2D eigenvalue weighted by Gasteiger charge is -2.32. The zero-order chi connectivity index (χ0) is 17.4. The van der Waals surface area contributed by atoms with Crippen LogP contribution >= 0.6 is 0 Å². The van der Waals surface area contributed by atoms with Crippen LogP contribution in [-0.4, -0.2) is 45.0 Å². The van der Waals surface area contributed by atoms with Gasteiger partial charge in [0.05, 0.1) is 25.3 Å². The predicted molar refractivity (Wildman–Crippen MR) is 95.2 cm³/mol. The van der Waals surface area contributed by atoms with Crippen LogP contribution in [0.2, 0.25) is 0 Å². The molecule has 0 bridgehead atoms. The number of benzene rings is 1. The molecule has 130 valence electrons. The van der Waals surface area contributed by atoms with E-state index < -0.39 is 0 Å². The highest BCUT2D eigenvalue weighted by atomic mass is 16.5. The van der Waals surface area contributed by atoms with Gasteiger partial charge in [0.2, 0.25) is 5.91 Å². The Balaban J connectivity index is 1.49. The third-order valence-corrected chi connectivity index (χ3v) is 4.76. The van der Waals surface area contributed by atoms with Gasteiger partial charge in [0, 0.05) is 36.9 Å². The number of carbonyl (C=O) groups excluding carboxylic acids is 1. The van der Waals surface area contributed by atoms with Crippen molar-refractivity contribution in [3.63, 3.8) is 0 Å². The molecule has 0 saturated carbocycles. The number of nitrogens with one attached hydrogen (secondary N) is 1. The number of aromatic nitrogens is 3. The smallest absolute Gasteiger partial charge is 0.227 e. The maximum Gasteiger partial charge on any atom is 0.227 e. The maximum absolute atomic E-state index is 12.8. The molecule has 1 fully saturated rings. The van der Waals surface area contributed by atoms with Gasteiger partial charge in [-0.2, -0.15) is 0 Å². The van der Waals surface area contributed by atoms with Crippen molar-refractivity contribution >= 4 is 16.8 Å². The first-order valence-corrected chi connectivity index (χ1v) is 8.56. The highest BCUT2D eigenvalue weighted by Crippen LogP contribution is 2.23. The molecule has 0 spiro atoms. The number of H-pyrrole nitrogens is 1. The standard InChI is InChI=1S/C19H22N4O2/c1-13-11-22(2)19(21-13)17-12-23(7-8-25-17)18(24)9-14-10-20-16-6-4-3-5-15(14)16/h3-6,10-11,17,20H,7-9,12H2,1-2H3. The first-order valence-electron chi connectivity index (χ1n) is 8.56. The third-order valence-electron chi connectivity index (χ3n) is 4.76. The molecule has 0 radical (unpaired) electrons. The van der Waals surface area contributed by atoms with Crippen LogP contribution in [0.3, 0.4) is 0 Å². The molecular formula is C19H22N4O2. The number of amides is 1. The van der Waals surface area contributed by atoms with E-state index in [1.54, 1.807) is 0 Å². The summed E-state index contributed by atoms with van der Waals surface area (Å²) in [7, 11) is 1.96. The molecule has 25 heavy (non-hydrogen) atoms. The highest BCUT2D eigenvalue weighted by Gasteiger charge is 2.28. The zero-order valence-electron chi connectivity index (χ0n) is 14.5. The van der Waals surface area contributed by atoms with Gasteiger partial charge in [-0.25, -0.2) is 4.98 Å².